The first kappa shape index (κ1) is 20.4. The van der Waals surface area contributed by atoms with E-state index in [1.807, 2.05) is 0 Å². The molecule has 26 heavy (non-hydrogen) atoms. The van der Waals surface area contributed by atoms with Crippen molar-refractivity contribution in [3.8, 4) is 0 Å². The molecule has 0 radical (unpaired) electrons. The molecule has 0 aromatic heterocycles. The predicted octanol–water partition coefficient (Wildman–Crippen LogP) is 2.94. The topological polar surface area (TPSA) is 75.3 Å². The van der Waals surface area contributed by atoms with Crippen LogP contribution in [0.2, 0.25) is 0 Å². The van der Waals surface area contributed by atoms with Crippen LogP contribution in [0.15, 0.2) is 41.3 Å². The van der Waals surface area contributed by atoms with Crippen LogP contribution >= 0.6 is 12.4 Å². The van der Waals surface area contributed by atoms with Crippen LogP contribution in [-0.4, -0.2) is 26.6 Å². The summed E-state index contributed by atoms with van der Waals surface area (Å²) in [7, 11) is -3.55. The molecule has 0 bridgehead atoms. The highest BCUT2D eigenvalue weighted by atomic mass is 35.5. The SMILES string of the molecule is CCS(=O)(=O)c1ccccc1C(=O)Nc1ccc2c(c1F)CCNC2.Cl. The van der Waals surface area contributed by atoms with Crippen LogP contribution in [0.3, 0.4) is 0 Å². The van der Waals surface area contributed by atoms with Crippen LogP contribution in [0.4, 0.5) is 10.1 Å². The molecule has 0 spiro atoms. The van der Waals surface area contributed by atoms with Crippen LogP contribution in [0.5, 0.6) is 0 Å². The largest absolute Gasteiger partial charge is 0.319 e. The molecule has 2 aromatic carbocycles. The number of rotatable bonds is 4. The van der Waals surface area contributed by atoms with Gasteiger partial charge in [0.05, 0.1) is 21.9 Å². The number of hydrogen-bond donors (Lipinski definition) is 2. The average Bonchev–Trinajstić information content (AvgIpc) is 2.64. The van der Waals surface area contributed by atoms with E-state index in [0.717, 1.165) is 5.56 Å². The molecule has 0 fully saturated rings. The van der Waals surface area contributed by atoms with E-state index in [1.54, 1.807) is 18.2 Å². The highest BCUT2D eigenvalue weighted by molar-refractivity contribution is 7.91. The van der Waals surface area contributed by atoms with Gasteiger partial charge in [0.25, 0.3) is 5.91 Å². The summed E-state index contributed by atoms with van der Waals surface area (Å²) in [6, 6.07) is 9.25. The Morgan fingerprint density at radius 1 is 1.23 bits per heavy atom. The zero-order valence-corrected chi connectivity index (χ0v) is 15.8. The van der Waals surface area contributed by atoms with Gasteiger partial charge >= 0.3 is 0 Å². The molecule has 1 amide bonds. The van der Waals surface area contributed by atoms with Gasteiger partial charge in [0.15, 0.2) is 9.84 Å². The van der Waals surface area contributed by atoms with Gasteiger partial charge in [0, 0.05) is 6.54 Å². The van der Waals surface area contributed by atoms with E-state index >= 15 is 0 Å². The van der Waals surface area contributed by atoms with E-state index < -0.39 is 21.6 Å². The number of carbonyl (C=O) groups excluding carboxylic acids is 1. The first-order chi connectivity index (χ1) is 11.9. The number of hydrogen-bond acceptors (Lipinski definition) is 4. The molecule has 0 saturated carbocycles. The van der Waals surface area contributed by atoms with Gasteiger partial charge in [0.1, 0.15) is 5.82 Å². The average molecular weight is 399 g/mol. The molecule has 3 rings (SSSR count). The Hall–Kier alpha value is -1.96. The smallest absolute Gasteiger partial charge is 0.257 e. The Kier molecular flexibility index (Phi) is 6.39. The number of nitrogens with one attached hydrogen (secondary N) is 2. The maximum absolute atomic E-state index is 14.7. The van der Waals surface area contributed by atoms with Gasteiger partial charge in [-0.25, -0.2) is 12.8 Å². The van der Waals surface area contributed by atoms with Gasteiger partial charge in [-0.05, 0) is 42.3 Å². The molecular weight excluding hydrogens is 379 g/mol. The number of fused-ring (bicyclic) bond motifs is 1. The van der Waals surface area contributed by atoms with Crippen LogP contribution in [0.1, 0.15) is 28.4 Å². The second kappa shape index (κ2) is 8.16. The molecule has 1 heterocycles. The van der Waals surface area contributed by atoms with Crippen molar-refractivity contribution in [2.75, 3.05) is 17.6 Å². The highest BCUT2D eigenvalue weighted by Crippen LogP contribution is 2.26. The molecule has 140 valence electrons. The molecule has 1 aliphatic heterocycles. The van der Waals surface area contributed by atoms with E-state index in [-0.39, 0.29) is 34.3 Å². The van der Waals surface area contributed by atoms with E-state index in [1.165, 1.54) is 25.1 Å². The van der Waals surface area contributed by atoms with Crippen molar-refractivity contribution in [1.29, 1.82) is 0 Å². The first-order valence-corrected chi connectivity index (χ1v) is 9.73. The summed E-state index contributed by atoms with van der Waals surface area (Å²) < 4.78 is 39.0. The fourth-order valence-corrected chi connectivity index (χ4v) is 3.99. The van der Waals surface area contributed by atoms with Crippen molar-refractivity contribution >= 4 is 33.8 Å². The summed E-state index contributed by atoms with van der Waals surface area (Å²) in [5.74, 6) is -1.21. The zero-order chi connectivity index (χ0) is 18.0. The van der Waals surface area contributed by atoms with Gasteiger partial charge in [-0.1, -0.05) is 25.1 Å². The van der Waals surface area contributed by atoms with Gasteiger partial charge < -0.3 is 10.6 Å². The minimum Gasteiger partial charge on any atom is -0.319 e. The Labute approximate surface area is 158 Å². The molecule has 8 heteroatoms. The van der Waals surface area contributed by atoms with E-state index in [2.05, 4.69) is 10.6 Å². The Bertz CT molecular complexity index is 932. The van der Waals surface area contributed by atoms with E-state index in [4.69, 9.17) is 0 Å². The van der Waals surface area contributed by atoms with Crippen molar-refractivity contribution in [3.63, 3.8) is 0 Å². The summed E-state index contributed by atoms with van der Waals surface area (Å²) in [6.07, 6.45) is 0.547. The van der Waals surface area contributed by atoms with Crippen LogP contribution in [0, 0.1) is 5.82 Å². The van der Waals surface area contributed by atoms with Crippen LogP contribution < -0.4 is 10.6 Å². The molecular formula is C18H20ClFN2O3S. The maximum atomic E-state index is 14.7. The Morgan fingerprint density at radius 3 is 2.69 bits per heavy atom. The molecule has 1 aliphatic rings. The molecule has 2 aromatic rings. The first-order valence-electron chi connectivity index (χ1n) is 8.08. The Balaban J connectivity index is 0.00000243. The number of benzene rings is 2. The van der Waals surface area contributed by atoms with Crippen LogP contribution in [0.25, 0.3) is 0 Å². The fourth-order valence-electron chi connectivity index (χ4n) is 2.90. The lowest BCUT2D eigenvalue weighted by molar-refractivity contribution is 0.102. The zero-order valence-electron chi connectivity index (χ0n) is 14.2. The number of sulfone groups is 1. The molecule has 0 aliphatic carbocycles. The van der Waals surface area contributed by atoms with Gasteiger partial charge in [-0.3, -0.25) is 4.79 Å². The van der Waals surface area contributed by atoms with Crippen LogP contribution in [-0.2, 0) is 22.8 Å². The minimum absolute atomic E-state index is 0. The molecule has 0 atom stereocenters. The molecule has 0 unspecified atom stereocenters. The van der Waals surface area contributed by atoms with Crippen molar-refractivity contribution in [1.82, 2.24) is 5.32 Å². The number of halogens is 2. The minimum atomic E-state index is -3.55. The van der Waals surface area contributed by atoms with Crippen molar-refractivity contribution in [2.24, 2.45) is 0 Å². The second-order valence-corrected chi connectivity index (χ2v) is 8.09. The lowest BCUT2D eigenvalue weighted by Gasteiger charge is -2.19. The summed E-state index contributed by atoms with van der Waals surface area (Å²) >= 11 is 0. The number of anilines is 1. The fraction of sp³-hybridized carbons (Fsp3) is 0.278. The third-order valence-electron chi connectivity index (χ3n) is 4.30. The third-order valence-corrected chi connectivity index (χ3v) is 6.09. The van der Waals surface area contributed by atoms with Crippen molar-refractivity contribution in [3.05, 3.63) is 58.9 Å². The van der Waals surface area contributed by atoms with E-state index in [9.17, 15) is 17.6 Å². The normalized spacial score (nSPS) is 13.5. The summed E-state index contributed by atoms with van der Waals surface area (Å²) in [5, 5.41) is 5.68. The standard InChI is InChI=1S/C18H19FN2O3S.ClH/c1-2-25(23,24)16-6-4-3-5-14(16)18(22)21-15-8-7-12-11-20-10-9-13(12)17(15)19;/h3-8,20H,2,9-11H2,1H3,(H,21,22);1H. The summed E-state index contributed by atoms with van der Waals surface area (Å²) in [4.78, 5) is 12.5. The van der Waals surface area contributed by atoms with E-state index in [0.29, 0.717) is 25.1 Å². The third kappa shape index (κ3) is 3.90. The molecule has 0 saturated heterocycles. The second-order valence-electron chi connectivity index (χ2n) is 5.85. The maximum Gasteiger partial charge on any atom is 0.257 e. The molecule has 2 N–H and O–H groups in total. The lowest BCUT2D eigenvalue weighted by atomic mass is 9.99. The number of carbonyl (C=O) groups is 1. The van der Waals surface area contributed by atoms with Crippen molar-refractivity contribution < 1.29 is 17.6 Å². The molecule has 5 nitrogen and oxygen atoms in total. The number of amides is 1. The Morgan fingerprint density at radius 2 is 1.96 bits per heavy atom. The summed E-state index contributed by atoms with van der Waals surface area (Å²) in [5.41, 5.74) is 1.54. The van der Waals surface area contributed by atoms with Gasteiger partial charge in [-0.2, -0.15) is 0 Å². The van der Waals surface area contributed by atoms with Gasteiger partial charge in [0.2, 0.25) is 0 Å². The monoisotopic (exact) mass is 398 g/mol. The highest BCUT2D eigenvalue weighted by Gasteiger charge is 2.22. The predicted molar refractivity (Wildman–Crippen MR) is 101 cm³/mol. The summed E-state index contributed by atoms with van der Waals surface area (Å²) in [6.45, 7) is 2.79. The quantitative estimate of drug-likeness (QED) is 0.830. The van der Waals surface area contributed by atoms with Crippen molar-refractivity contribution in [2.45, 2.75) is 24.8 Å². The lowest BCUT2D eigenvalue weighted by Crippen LogP contribution is -2.25. The van der Waals surface area contributed by atoms with Gasteiger partial charge in [-0.15, -0.1) is 12.4 Å².